The van der Waals surface area contributed by atoms with Crippen molar-refractivity contribution in [1.29, 1.82) is 5.26 Å². The first-order valence-electron chi connectivity index (χ1n) is 4.70. The van der Waals surface area contributed by atoms with Crippen molar-refractivity contribution in [1.82, 2.24) is 4.98 Å². The lowest BCUT2D eigenvalue weighted by Crippen LogP contribution is -2.17. The summed E-state index contributed by atoms with van der Waals surface area (Å²) in [6, 6.07) is 3.55. The SMILES string of the molecule is N#Cc1ccnc(OC2CCOC2)c1N. The van der Waals surface area contributed by atoms with Gasteiger partial charge in [0.05, 0.1) is 18.8 Å². The van der Waals surface area contributed by atoms with Gasteiger partial charge in [0.2, 0.25) is 5.88 Å². The molecule has 2 rings (SSSR count). The number of hydrogen-bond acceptors (Lipinski definition) is 5. The molecule has 1 aromatic heterocycles. The molecule has 15 heavy (non-hydrogen) atoms. The smallest absolute Gasteiger partial charge is 0.238 e. The Kier molecular flexibility index (Phi) is 2.70. The van der Waals surface area contributed by atoms with Crippen LogP contribution in [0.25, 0.3) is 0 Å². The van der Waals surface area contributed by atoms with Crippen LogP contribution in [-0.4, -0.2) is 24.3 Å². The van der Waals surface area contributed by atoms with Crippen molar-refractivity contribution in [2.45, 2.75) is 12.5 Å². The zero-order valence-electron chi connectivity index (χ0n) is 8.14. The zero-order chi connectivity index (χ0) is 10.7. The van der Waals surface area contributed by atoms with Crippen LogP contribution in [0.5, 0.6) is 5.88 Å². The summed E-state index contributed by atoms with van der Waals surface area (Å²) in [5.41, 5.74) is 6.41. The Labute approximate surface area is 87.4 Å². The maximum absolute atomic E-state index is 8.77. The second-order valence-corrected chi connectivity index (χ2v) is 3.29. The average Bonchev–Trinajstić information content (AvgIpc) is 2.74. The normalized spacial score (nSPS) is 19.8. The largest absolute Gasteiger partial charge is 0.470 e. The number of rotatable bonds is 2. The number of nitrogens with zero attached hydrogens (tertiary/aromatic N) is 2. The number of nitrogens with two attached hydrogens (primary N) is 1. The topological polar surface area (TPSA) is 81.2 Å². The van der Waals surface area contributed by atoms with E-state index < -0.39 is 0 Å². The van der Waals surface area contributed by atoms with Gasteiger partial charge in [-0.3, -0.25) is 0 Å². The summed E-state index contributed by atoms with van der Waals surface area (Å²) >= 11 is 0. The van der Waals surface area contributed by atoms with Crippen LogP contribution < -0.4 is 10.5 Å². The molecule has 0 amide bonds. The molecule has 2 heterocycles. The van der Waals surface area contributed by atoms with Gasteiger partial charge in [0.15, 0.2) is 0 Å². The molecule has 0 bridgehead atoms. The number of ether oxygens (including phenoxy) is 2. The van der Waals surface area contributed by atoms with Gasteiger partial charge in [0, 0.05) is 12.6 Å². The molecule has 0 saturated carbocycles. The Balaban J connectivity index is 2.17. The monoisotopic (exact) mass is 205 g/mol. The number of pyridine rings is 1. The van der Waals surface area contributed by atoms with E-state index in [-0.39, 0.29) is 6.10 Å². The Morgan fingerprint density at radius 1 is 1.67 bits per heavy atom. The highest BCUT2D eigenvalue weighted by atomic mass is 16.5. The lowest BCUT2D eigenvalue weighted by molar-refractivity contribution is 0.138. The van der Waals surface area contributed by atoms with Gasteiger partial charge in [-0.1, -0.05) is 0 Å². The van der Waals surface area contributed by atoms with Crippen molar-refractivity contribution in [3.63, 3.8) is 0 Å². The third kappa shape index (κ3) is 2.00. The standard InChI is InChI=1S/C10H11N3O2/c11-5-7-1-3-13-10(9(7)12)15-8-2-4-14-6-8/h1,3,8H,2,4,6,12H2. The summed E-state index contributed by atoms with van der Waals surface area (Å²) in [7, 11) is 0. The van der Waals surface area contributed by atoms with Crippen molar-refractivity contribution >= 4 is 5.69 Å². The predicted molar refractivity (Wildman–Crippen MR) is 53.2 cm³/mol. The van der Waals surface area contributed by atoms with Crippen LogP contribution in [0.15, 0.2) is 12.3 Å². The highest BCUT2D eigenvalue weighted by Crippen LogP contribution is 2.24. The Bertz CT molecular complexity index is 394. The van der Waals surface area contributed by atoms with Gasteiger partial charge in [-0.15, -0.1) is 0 Å². The third-order valence-electron chi connectivity index (χ3n) is 2.24. The van der Waals surface area contributed by atoms with Crippen molar-refractivity contribution < 1.29 is 9.47 Å². The first-order valence-corrected chi connectivity index (χ1v) is 4.70. The summed E-state index contributed by atoms with van der Waals surface area (Å²) in [4.78, 5) is 4.00. The minimum Gasteiger partial charge on any atom is -0.470 e. The minimum atomic E-state index is -0.00579. The first kappa shape index (κ1) is 9.74. The Morgan fingerprint density at radius 2 is 2.53 bits per heavy atom. The number of nitriles is 1. The summed E-state index contributed by atoms with van der Waals surface area (Å²) in [5, 5.41) is 8.77. The lowest BCUT2D eigenvalue weighted by atomic mass is 10.2. The van der Waals surface area contributed by atoms with Crippen LogP contribution in [0.1, 0.15) is 12.0 Å². The van der Waals surface area contributed by atoms with E-state index in [1.807, 2.05) is 6.07 Å². The molecule has 1 saturated heterocycles. The molecule has 2 N–H and O–H groups in total. The molecular weight excluding hydrogens is 194 g/mol. The summed E-state index contributed by atoms with van der Waals surface area (Å²) in [6.07, 6.45) is 2.34. The molecule has 0 radical (unpaired) electrons. The number of hydrogen-bond donors (Lipinski definition) is 1. The first-order chi connectivity index (χ1) is 7.31. The molecule has 5 heteroatoms. The van der Waals surface area contributed by atoms with E-state index >= 15 is 0 Å². The van der Waals surface area contributed by atoms with Crippen molar-refractivity contribution in [2.24, 2.45) is 0 Å². The molecule has 78 valence electrons. The predicted octanol–water partition coefficient (Wildman–Crippen LogP) is 0.703. The third-order valence-corrected chi connectivity index (χ3v) is 2.24. The van der Waals surface area contributed by atoms with E-state index in [2.05, 4.69) is 4.98 Å². The van der Waals surface area contributed by atoms with E-state index in [1.165, 1.54) is 6.20 Å². The second kappa shape index (κ2) is 4.15. The zero-order valence-corrected chi connectivity index (χ0v) is 8.14. The van der Waals surface area contributed by atoms with Crippen molar-refractivity contribution in [2.75, 3.05) is 18.9 Å². The van der Waals surface area contributed by atoms with Gasteiger partial charge in [-0.05, 0) is 6.07 Å². The quantitative estimate of drug-likeness (QED) is 0.768. The lowest BCUT2D eigenvalue weighted by Gasteiger charge is -2.12. The molecule has 1 fully saturated rings. The van der Waals surface area contributed by atoms with Crippen LogP contribution in [0, 0.1) is 11.3 Å². The van der Waals surface area contributed by atoms with Gasteiger partial charge in [0.1, 0.15) is 17.9 Å². The van der Waals surface area contributed by atoms with Gasteiger partial charge in [-0.25, -0.2) is 4.98 Å². The van der Waals surface area contributed by atoms with Crippen LogP contribution in [0.3, 0.4) is 0 Å². The maximum atomic E-state index is 8.77. The van der Waals surface area contributed by atoms with E-state index in [9.17, 15) is 0 Å². The van der Waals surface area contributed by atoms with E-state index in [1.54, 1.807) is 6.07 Å². The van der Waals surface area contributed by atoms with Crippen molar-refractivity contribution in [3.05, 3.63) is 17.8 Å². The fraction of sp³-hybridized carbons (Fsp3) is 0.400. The number of anilines is 1. The van der Waals surface area contributed by atoms with Gasteiger partial charge < -0.3 is 15.2 Å². The van der Waals surface area contributed by atoms with Gasteiger partial charge in [-0.2, -0.15) is 5.26 Å². The fourth-order valence-corrected chi connectivity index (χ4v) is 1.41. The second-order valence-electron chi connectivity index (χ2n) is 3.29. The molecule has 1 aliphatic rings. The van der Waals surface area contributed by atoms with Gasteiger partial charge >= 0.3 is 0 Å². The molecule has 5 nitrogen and oxygen atoms in total. The molecular formula is C10H11N3O2. The Morgan fingerprint density at radius 3 is 3.20 bits per heavy atom. The van der Waals surface area contributed by atoms with E-state index in [0.29, 0.717) is 30.3 Å². The highest BCUT2D eigenvalue weighted by molar-refractivity contribution is 5.59. The maximum Gasteiger partial charge on any atom is 0.238 e. The van der Waals surface area contributed by atoms with Gasteiger partial charge in [0.25, 0.3) is 0 Å². The molecule has 1 aromatic rings. The molecule has 0 spiro atoms. The number of aromatic nitrogens is 1. The molecule has 1 aliphatic heterocycles. The Hall–Kier alpha value is -1.80. The summed E-state index contributed by atoms with van der Waals surface area (Å²) in [5.74, 6) is 0.324. The van der Waals surface area contributed by atoms with Crippen molar-refractivity contribution in [3.8, 4) is 11.9 Å². The fourth-order valence-electron chi connectivity index (χ4n) is 1.41. The van der Waals surface area contributed by atoms with Crippen LogP contribution in [0.2, 0.25) is 0 Å². The number of nitrogen functional groups attached to an aromatic ring is 1. The van der Waals surface area contributed by atoms with Crippen LogP contribution in [0.4, 0.5) is 5.69 Å². The minimum absolute atomic E-state index is 0.00579. The molecule has 0 aromatic carbocycles. The molecule has 1 unspecified atom stereocenters. The molecule has 1 atom stereocenters. The van der Waals surface area contributed by atoms with E-state index in [0.717, 1.165) is 6.42 Å². The average molecular weight is 205 g/mol. The van der Waals surface area contributed by atoms with E-state index in [4.69, 9.17) is 20.5 Å². The van der Waals surface area contributed by atoms with Crippen LogP contribution >= 0.6 is 0 Å². The summed E-state index contributed by atoms with van der Waals surface area (Å²) < 4.78 is 10.7. The molecule has 0 aliphatic carbocycles. The highest BCUT2D eigenvalue weighted by Gasteiger charge is 2.19. The summed E-state index contributed by atoms with van der Waals surface area (Å²) in [6.45, 7) is 1.25. The van der Waals surface area contributed by atoms with Crippen LogP contribution in [-0.2, 0) is 4.74 Å².